The van der Waals surface area contributed by atoms with E-state index in [1.807, 2.05) is 13.0 Å². The third kappa shape index (κ3) is 4.24. The molecule has 0 atom stereocenters. The average Bonchev–Trinajstić information content (AvgIpc) is 2.84. The Bertz CT molecular complexity index is 562. The first-order valence-corrected chi connectivity index (χ1v) is 7.75. The Labute approximate surface area is 125 Å². The lowest BCUT2D eigenvalue weighted by molar-refractivity contribution is 0.199. The second kappa shape index (κ2) is 7.68. The summed E-state index contributed by atoms with van der Waals surface area (Å²) in [5.41, 5.74) is 0.916. The molecule has 20 heavy (non-hydrogen) atoms. The second-order valence-corrected chi connectivity index (χ2v) is 6.12. The van der Waals surface area contributed by atoms with Crippen LogP contribution in [0.2, 0.25) is 0 Å². The number of nitrogens with zero attached hydrogens (tertiary/aromatic N) is 2. The number of hydrogen-bond donors (Lipinski definition) is 1. The van der Waals surface area contributed by atoms with E-state index in [0.717, 1.165) is 16.4 Å². The van der Waals surface area contributed by atoms with Crippen LogP contribution in [0.5, 0.6) is 0 Å². The SMILES string of the molecule is COCCNCc1cccc(F)c1Sc1nc(C)ns1. The number of nitrogens with one attached hydrogen (secondary N) is 1. The van der Waals surface area contributed by atoms with Gasteiger partial charge < -0.3 is 10.1 Å². The van der Waals surface area contributed by atoms with Crippen LogP contribution in [0.4, 0.5) is 4.39 Å². The quantitative estimate of drug-likeness (QED) is 0.797. The molecule has 0 bridgehead atoms. The van der Waals surface area contributed by atoms with Gasteiger partial charge in [0.2, 0.25) is 0 Å². The van der Waals surface area contributed by atoms with Crippen LogP contribution in [0, 0.1) is 12.7 Å². The zero-order chi connectivity index (χ0) is 14.4. The number of aryl methyl sites for hydroxylation is 1. The first-order chi connectivity index (χ1) is 9.70. The third-order valence-electron chi connectivity index (χ3n) is 2.55. The fourth-order valence-electron chi connectivity index (χ4n) is 1.61. The van der Waals surface area contributed by atoms with Gasteiger partial charge in [0, 0.05) is 20.2 Å². The first kappa shape index (κ1) is 15.4. The van der Waals surface area contributed by atoms with Gasteiger partial charge in [-0.25, -0.2) is 9.37 Å². The molecule has 0 spiro atoms. The van der Waals surface area contributed by atoms with E-state index in [0.29, 0.717) is 23.9 Å². The normalized spacial score (nSPS) is 10.9. The van der Waals surface area contributed by atoms with Crippen LogP contribution in [0.3, 0.4) is 0 Å². The van der Waals surface area contributed by atoms with Crippen molar-refractivity contribution in [2.45, 2.75) is 22.7 Å². The van der Waals surface area contributed by atoms with Crippen LogP contribution in [0.1, 0.15) is 11.4 Å². The molecule has 1 N–H and O–H groups in total. The molecule has 0 aliphatic carbocycles. The number of methoxy groups -OCH3 is 1. The van der Waals surface area contributed by atoms with Gasteiger partial charge in [-0.05, 0) is 30.1 Å². The van der Waals surface area contributed by atoms with Gasteiger partial charge in [-0.3, -0.25) is 0 Å². The molecule has 0 saturated carbocycles. The lowest BCUT2D eigenvalue weighted by Gasteiger charge is -2.09. The van der Waals surface area contributed by atoms with Crippen molar-refractivity contribution in [2.24, 2.45) is 0 Å². The maximum Gasteiger partial charge on any atom is 0.174 e. The van der Waals surface area contributed by atoms with Crippen molar-refractivity contribution < 1.29 is 9.13 Å². The van der Waals surface area contributed by atoms with Crippen LogP contribution >= 0.6 is 23.3 Å². The van der Waals surface area contributed by atoms with E-state index < -0.39 is 0 Å². The predicted octanol–water partition coefficient (Wildman–Crippen LogP) is 2.87. The highest BCUT2D eigenvalue weighted by Gasteiger charge is 2.12. The summed E-state index contributed by atoms with van der Waals surface area (Å²) < 4.78 is 23.8. The van der Waals surface area contributed by atoms with Crippen molar-refractivity contribution in [1.29, 1.82) is 0 Å². The van der Waals surface area contributed by atoms with Gasteiger partial charge in [-0.2, -0.15) is 4.37 Å². The molecule has 1 heterocycles. The van der Waals surface area contributed by atoms with Crippen LogP contribution in [0.15, 0.2) is 27.4 Å². The summed E-state index contributed by atoms with van der Waals surface area (Å²) in [6.45, 7) is 3.79. The number of benzene rings is 1. The summed E-state index contributed by atoms with van der Waals surface area (Å²) in [6, 6.07) is 5.10. The lowest BCUT2D eigenvalue weighted by atomic mass is 10.2. The van der Waals surface area contributed by atoms with E-state index in [4.69, 9.17) is 4.74 Å². The maximum atomic E-state index is 14.0. The molecule has 0 saturated heterocycles. The summed E-state index contributed by atoms with van der Waals surface area (Å²) in [4.78, 5) is 4.87. The molecule has 0 amide bonds. The number of rotatable bonds is 7. The summed E-state index contributed by atoms with van der Waals surface area (Å²) >= 11 is 2.61. The predicted molar refractivity (Wildman–Crippen MR) is 78.8 cm³/mol. The molecular formula is C13H16FN3OS2. The van der Waals surface area contributed by atoms with Gasteiger partial charge in [0.15, 0.2) is 4.34 Å². The van der Waals surface area contributed by atoms with Crippen LogP contribution in [-0.2, 0) is 11.3 Å². The van der Waals surface area contributed by atoms with E-state index in [2.05, 4.69) is 14.7 Å². The Balaban J connectivity index is 2.09. The summed E-state index contributed by atoms with van der Waals surface area (Å²) in [5.74, 6) is 0.488. The van der Waals surface area contributed by atoms with Gasteiger partial charge in [-0.15, -0.1) is 0 Å². The first-order valence-electron chi connectivity index (χ1n) is 6.16. The fraction of sp³-hybridized carbons (Fsp3) is 0.385. The van der Waals surface area contributed by atoms with E-state index >= 15 is 0 Å². The summed E-state index contributed by atoms with van der Waals surface area (Å²) in [5, 5.41) is 3.22. The van der Waals surface area contributed by atoms with Gasteiger partial charge >= 0.3 is 0 Å². The van der Waals surface area contributed by atoms with Crippen molar-refractivity contribution in [3.63, 3.8) is 0 Å². The zero-order valence-electron chi connectivity index (χ0n) is 11.4. The molecule has 1 aromatic carbocycles. The van der Waals surface area contributed by atoms with Gasteiger partial charge in [0.05, 0.1) is 11.5 Å². The van der Waals surface area contributed by atoms with Gasteiger partial charge in [-0.1, -0.05) is 23.9 Å². The third-order valence-corrected chi connectivity index (χ3v) is 4.55. The van der Waals surface area contributed by atoms with E-state index in [9.17, 15) is 4.39 Å². The minimum Gasteiger partial charge on any atom is -0.383 e. The molecule has 0 aliphatic rings. The Morgan fingerprint density at radius 2 is 2.30 bits per heavy atom. The largest absolute Gasteiger partial charge is 0.383 e. The van der Waals surface area contributed by atoms with E-state index in [1.54, 1.807) is 13.2 Å². The molecule has 0 radical (unpaired) electrons. The van der Waals surface area contributed by atoms with Crippen LogP contribution in [0.25, 0.3) is 0 Å². The molecule has 1 aromatic heterocycles. The molecule has 0 aliphatic heterocycles. The monoisotopic (exact) mass is 313 g/mol. The summed E-state index contributed by atoms with van der Waals surface area (Å²) in [7, 11) is 1.66. The molecule has 0 fully saturated rings. The van der Waals surface area contributed by atoms with E-state index in [1.165, 1.54) is 29.4 Å². The van der Waals surface area contributed by atoms with Crippen LogP contribution < -0.4 is 5.32 Å². The fourth-order valence-corrected chi connectivity index (χ4v) is 3.34. The van der Waals surface area contributed by atoms with Gasteiger partial charge in [0.25, 0.3) is 0 Å². The topological polar surface area (TPSA) is 47.0 Å². The van der Waals surface area contributed by atoms with Gasteiger partial charge in [0.1, 0.15) is 11.6 Å². The molecule has 0 unspecified atom stereocenters. The van der Waals surface area contributed by atoms with Crippen molar-refractivity contribution in [3.05, 3.63) is 35.4 Å². The number of aromatic nitrogens is 2. The lowest BCUT2D eigenvalue weighted by Crippen LogP contribution is -2.19. The average molecular weight is 313 g/mol. The smallest absolute Gasteiger partial charge is 0.174 e. The Kier molecular flexibility index (Phi) is 5.90. The molecule has 4 nitrogen and oxygen atoms in total. The van der Waals surface area contributed by atoms with Crippen LogP contribution in [-0.4, -0.2) is 29.6 Å². The van der Waals surface area contributed by atoms with Crippen molar-refractivity contribution in [1.82, 2.24) is 14.7 Å². The number of hydrogen-bond acceptors (Lipinski definition) is 6. The van der Waals surface area contributed by atoms with E-state index in [-0.39, 0.29) is 5.82 Å². The highest BCUT2D eigenvalue weighted by atomic mass is 32.2. The maximum absolute atomic E-state index is 14.0. The minimum absolute atomic E-state index is 0.228. The number of ether oxygens (including phenoxy) is 1. The Morgan fingerprint density at radius 1 is 1.45 bits per heavy atom. The molecule has 2 rings (SSSR count). The molecular weight excluding hydrogens is 297 g/mol. The van der Waals surface area contributed by atoms with Crippen molar-refractivity contribution in [2.75, 3.05) is 20.3 Å². The number of halogens is 1. The minimum atomic E-state index is -0.228. The molecule has 7 heteroatoms. The zero-order valence-corrected chi connectivity index (χ0v) is 13.0. The highest BCUT2D eigenvalue weighted by molar-refractivity contribution is 8.01. The Hall–Kier alpha value is -1.02. The standard InChI is InChI=1S/C13H16FN3OS2/c1-9-16-13(20-17-9)19-12-10(4-3-5-11(12)14)8-15-6-7-18-2/h3-5,15H,6-8H2,1-2H3. The molecule has 108 valence electrons. The van der Waals surface area contributed by atoms with Crippen molar-refractivity contribution in [3.8, 4) is 0 Å². The molecule has 2 aromatic rings. The highest BCUT2D eigenvalue weighted by Crippen LogP contribution is 2.33. The van der Waals surface area contributed by atoms with Crippen molar-refractivity contribution >= 4 is 23.3 Å². The second-order valence-electron chi connectivity index (χ2n) is 4.11. The summed E-state index contributed by atoms with van der Waals surface area (Å²) in [6.07, 6.45) is 0. The Morgan fingerprint density at radius 3 is 3.00 bits per heavy atom.